The Balaban J connectivity index is 1.44. The van der Waals surface area contributed by atoms with Crippen LogP contribution in [0.1, 0.15) is 17.2 Å². The molecule has 1 unspecified atom stereocenters. The molecular formula is C27H36N4O4S. The Hall–Kier alpha value is -2.59. The van der Waals surface area contributed by atoms with E-state index in [0.717, 1.165) is 48.0 Å². The number of nitrogens with zero attached hydrogens (tertiary/aromatic N) is 4. The van der Waals surface area contributed by atoms with Crippen molar-refractivity contribution in [3.05, 3.63) is 54.1 Å². The van der Waals surface area contributed by atoms with Gasteiger partial charge in [0.15, 0.2) is 0 Å². The molecule has 8 nitrogen and oxygen atoms in total. The highest BCUT2D eigenvalue weighted by molar-refractivity contribution is 8.00. The maximum absolute atomic E-state index is 13.7. The number of carbonyl (C=O) groups excluding carboxylic acids is 2. The maximum Gasteiger partial charge on any atom is 0.245 e. The third-order valence-corrected chi connectivity index (χ3v) is 7.84. The van der Waals surface area contributed by atoms with Crippen LogP contribution in [0.5, 0.6) is 5.75 Å². The number of carbonyl (C=O) groups is 2. The molecule has 2 heterocycles. The molecule has 9 heteroatoms. The minimum Gasteiger partial charge on any atom is -0.494 e. The summed E-state index contributed by atoms with van der Waals surface area (Å²) in [7, 11) is 4.09. The van der Waals surface area contributed by atoms with Crippen LogP contribution >= 0.6 is 11.8 Å². The van der Waals surface area contributed by atoms with Crippen LogP contribution < -0.4 is 9.64 Å². The lowest BCUT2D eigenvalue weighted by Crippen LogP contribution is -2.53. The molecule has 4 rings (SSSR count). The van der Waals surface area contributed by atoms with Gasteiger partial charge in [-0.1, -0.05) is 24.3 Å². The second kappa shape index (κ2) is 12.6. The van der Waals surface area contributed by atoms with Crippen LogP contribution in [0.3, 0.4) is 0 Å². The Morgan fingerprint density at radius 1 is 1.08 bits per heavy atom. The fourth-order valence-corrected chi connectivity index (χ4v) is 5.73. The number of rotatable bonds is 10. The summed E-state index contributed by atoms with van der Waals surface area (Å²) in [5, 5.41) is 8.74. The van der Waals surface area contributed by atoms with Gasteiger partial charge in [-0.25, -0.2) is 0 Å². The van der Waals surface area contributed by atoms with E-state index in [0.29, 0.717) is 26.2 Å². The van der Waals surface area contributed by atoms with E-state index in [1.165, 1.54) is 11.8 Å². The molecule has 0 bridgehead atoms. The molecule has 0 radical (unpaired) electrons. The van der Waals surface area contributed by atoms with Gasteiger partial charge in [-0.05, 0) is 50.3 Å². The standard InChI is InChI=1S/C27H36N4O4S/c1-28(2)12-5-19-35-22-10-8-21(9-11-22)26-27(34)31(23-6-3-4-7-24(23)36-26)20-25(33)30-15-13-29(14-16-30)17-18-32/h3-4,6-11,26,32H,5,12-20H2,1-2H3. The molecule has 1 saturated heterocycles. The minimum absolute atomic E-state index is 0.0278. The summed E-state index contributed by atoms with van der Waals surface area (Å²) in [6, 6.07) is 15.5. The molecule has 2 amide bonds. The third kappa shape index (κ3) is 6.59. The number of fused-ring (bicyclic) bond motifs is 1. The summed E-state index contributed by atoms with van der Waals surface area (Å²) in [6.07, 6.45) is 0.946. The first-order chi connectivity index (χ1) is 17.5. The molecule has 0 saturated carbocycles. The number of anilines is 1. The van der Waals surface area contributed by atoms with Crippen LogP contribution in [0.2, 0.25) is 0 Å². The van der Waals surface area contributed by atoms with E-state index < -0.39 is 5.25 Å². The SMILES string of the molecule is CN(C)CCCOc1ccc(C2Sc3ccccc3N(CC(=O)N3CCN(CCO)CC3)C2=O)cc1. The molecule has 0 aromatic heterocycles. The fourth-order valence-electron chi connectivity index (χ4n) is 4.50. The van der Waals surface area contributed by atoms with Gasteiger partial charge in [0, 0.05) is 44.2 Å². The van der Waals surface area contributed by atoms with Crippen molar-refractivity contribution in [2.45, 2.75) is 16.6 Å². The monoisotopic (exact) mass is 512 g/mol. The zero-order valence-electron chi connectivity index (χ0n) is 21.1. The number of benzene rings is 2. The second-order valence-electron chi connectivity index (χ2n) is 9.41. The van der Waals surface area contributed by atoms with Crippen LogP contribution in [0.4, 0.5) is 5.69 Å². The number of piperazine rings is 1. The Kier molecular flexibility index (Phi) is 9.25. The van der Waals surface area contributed by atoms with Crippen molar-refractivity contribution < 1.29 is 19.4 Å². The quantitative estimate of drug-likeness (QED) is 0.490. The van der Waals surface area contributed by atoms with E-state index in [2.05, 4.69) is 9.80 Å². The Morgan fingerprint density at radius 3 is 2.50 bits per heavy atom. The molecule has 2 aliphatic heterocycles. The average Bonchev–Trinajstić information content (AvgIpc) is 2.89. The summed E-state index contributed by atoms with van der Waals surface area (Å²) in [5.41, 5.74) is 1.69. The van der Waals surface area contributed by atoms with Gasteiger partial charge < -0.3 is 24.5 Å². The average molecular weight is 513 g/mol. The number of amides is 2. The highest BCUT2D eigenvalue weighted by Crippen LogP contribution is 2.46. The zero-order valence-corrected chi connectivity index (χ0v) is 22.0. The molecule has 2 aromatic carbocycles. The number of para-hydroxylation sites is 1. The largest absolute Gasteiger partial charge is 0.494 e. The number of aliphatic hydroxyl groups excluding tert-OH is 1. The molecule has 194 valence electrons. The summed E-state index contributed by atoms with van der Waals surface area (Å²) >= 11 is 1.53. The highest BCUT2D eigenvalue weighted by atomic mass is 32.2. The summed E-state index contributed by atoms with van der Waals surface area (Å²) in [6.45, 7) is 5.07. The molecule has 1 fully saturated rings. The van der Waals surface area contributed by atoms with Crippen LogP contribution in [0.15, 0.2) is 53.4 Å². The van der Waals surface area contributed by atoms with E-state index in [1.54, 1.807) is 4.90 Å². The van der Waals surface area contributed by atoms with Crippen molar-refractivity contribution in [1.29, 1.82) is 0 Å². The van der Waals surface area contributed by atoms with Crippen molar-refractivity contribution in [3.63, 3.8) is 0 Å². The highest BCUT2D eigenvalue weighted by Gasteiger charge is 2.36. The normalized spacial score (nSPS) is 18.4. The van der Waals surface area contributed by atoms with E-state index in [4.69, 9.17) is 9.84 Å². The molecule has 36 heavy (non-hydrogen) atoms. The molecular weight excluding hydrogens is 476 g/mol. The molecule has 2 aliphatic rings. The van der Waals surface area contributed by atoms with Crippen molar-refractivity contribution in [2.75, 3.05) is 78.0 Å². The van der Waals surface area contributed by atoms with Gasteiger partial charge in [0.05, 0.1) is 18.9 Å². The van der Waals surface area contributed by atoms with Gasteiger partial charge in [-0.2, -0.15) is 0 Å². The summed E-state index contributed by atoms with van der Waals surface area (Å²) in [4.78, 5) is 35.6. The van der Waals surface area contributed by atoms with Crippen molar-refractivity contribution in [3.8, 4) is 5.75 Å². The molecule has 1 atom stereocenters. The van der Waals surface area contributed by atoms with Gasteiger partial charge in [0.1, 0.15) is 17.5 Å². The van der Waals surface area contributed by atoms with Crippen molar-refractivity contribution in [1.82, 2.24) is 14.7 Å². The number of ether oxygens (including phenoxy) is 1. The third-order valence-electron chi connectivity index (χ3n) is 6.53. The Morgan fingerprint density at radius 2 is 1.81 bits per heavy atom. The van der Waals surface area contributed by atoms with Gasteiger partial charge >= 0.3 is 0 Å². The maximum atomic E-state index is 13.7. The predicted molar refractivity (Wildman–Crippen MR) is 143 cm³/mol. The summed E-state index contributed by atoms with van der Waals surface area (Å²) in [5.74, 6) is 0.665. The lowest BCUT2D eigenvalue weighted by molar-refractivity contribution is -0.133. The van der Waals surface area contributed by atoms with Gasteiger partial charge in [-0.3, -0.25) is 14.5 Å². The van der Waals surface area contributed by atoms with Gasteiger partial charge in [-0.15, -0.1) is 11.8 Å². The molecule has 2 aromatic rings. The smallest absolute Gasteiger partial charge is 0.245 e. The Bertz CT molecular complexity index is 1020. The number of aliphatic hydroxyl groups is 1. The zero-order chi connectivity index (χ0) is 25.5. The number of hydrogen-bond donors (Lipinski definition) is 1. The van der Waals surface area contributed by atoms with Gasteiger partial charge in [0.2, 0.25) is 11.8 Å². The van der Waals surface area contributed by atoms with Gasteiger partial charge in [0.25, 0.3) is 0 Å². The number of hydrogen-bond acceptors (Lipinski definition) is 7. The topological polar surface area (TPSA) is 76.6 Å². The van der Waals surface area contributed by atoms with Crippen LogP contribution in [0.25, 0.3) is 0 Å². The minimum atomic E-state index is -0.420. The summed E-state index contributed by atoms with van der Waals surface area (Å²) < 4.78 is 5.85. The van der Waals surface area contributed by atoms with E-state index in [1.807, 2.05) is 67.5 Å². The van der Waals surface area contributed by atoms with E-state index in [9.17, 15) is 9.59 Å². The van der Waals surface area contributed by atoms with Crippen molar-refractivity contribution in [2.24, 2.45) is 0 Å². The Labute approximate surface area is 217 Å². The molecule has 0 spiro atoms. The molecule has 0 aliphatic carbocycles. The van der Waals surface area contributed by atoms with Crippen LogP contribution in [-0.2, 0) is 9.59 Å². The number of β-amino-alcohol motifs (C(OH)–C–C–N with tert-alkyl or cyclic N) is 1. The fraction of sp³-hybridized carbons (Fsp3) is 0.481. The number of thioether (sulfide) groups is 1. The van der Waals surface area contributed by atoms with Crippen LogP contribution in [-0.4, -0.2) is 105 Å². The molecule has 1 N–H and O–H groups in total. The first-order valence-electron chi connectivity index (χ1n) is 12.5. The first kappa shape index (κ1) is 26.5. The predicted octanol–water partition coefficient (Wildman–Crippen LogP) is 2.33. The lowest BCUT2D eigenvalue weighted by Gasteiger charge is -2.37. The van der Waals surface area contributed by atoms with E-state index in [-0.39, 0.29) is 25.0 Å². The van der Waals surface area contributed by atoms with Crippen LogP contribution in [0, 0.1) is 0 Å². The van der Waals surface area contributed by atoms with E-state index >= 15 is 0 Å². The van der Waals surface area contributed by atoms with Crippen molar-refractivity contribution >= 4 is 29.3 Å². The first-order valence-corrected chi connectivity index (χ1v) is 13.4. The second-order valence-corrected chi connectivity index (χ2v) is 10.6. The lowest BCUT2D eigenvalue weighted by atomic mass is 10.1.